The fraction of sp³-hybridized carbons (Fsp3) is 0.579. The number of amides is 1. The Morgan fingerprint density at radius 1 is 1.30 bits per heavy atom. The second kappa shape index (κ2) is 7.01. The van der Waals surface area contributed by atoms with Crippen LogP contribution in [-0.4, -0.2) is 72.5 Å². The first kappa shape index (κ1) is 19.4. The van der Waals surface area contributed by atoms with Crippen LogP contribution in [0.15, 0.2) is 18.2 Å². The van der Waals surface area contributed by atoms with Gasteiger partial charge in [0.15, 0.2) is 0 Å². The number of likely N-dealkylation sites (N-methyl/N-ethyl adjacent to an activating group) is 1. The van der Waals surface area contributed by atoms with E-state index >= 15 is 0 Å². The van der Waals surface area contributed by atoms with Crippen LogP contribution >= 0.6 is 0 Å². The van der Waals surface area contributed by atoms with Gasteiger partial charge in [-0.15, -0.1) is 0 Å². The zero-order valence-electron chi connectivity index (χ0n) is 16.3. The molecule has 3 atom stereocenters. The Hall–Kier alpha value is -2.32. The van der Waals surface area contributed by atoms with Gasteiger partial charge in [-0.1, -0.05) is 0 Å². The van der Waals surface area contributed by atoms with Crippen LogP contribution in [-0.2, 0) is 9.53 Å². The van der Waals surface area contributed by atoms with Gasteiger partial charge in [-0.2, -0.15) is 0 Å². The summed E-state index contributed by atoms with van der Waals surface area (Å²) in [6, 6.07) is 4.51. The molecule has 0 saturated carbocycles. The lowest BCUT2D eigenvalue weighted by Crippen LogP contribution is -2.54. The molecule has 0 bridgehead atoms. The Balaban J connectivity index is 1.97. The number of hydrogen-bond acceptors (Lipinski definition) is 7. The highest BCUT2D eigenvalue weighted by Crippen LogP contribution is 2.45. The summed E-state index contributed by atoms with van der Waals surface area (Å²) < 4.78 is 16.4. The molecule has 0 spiro atoms. The van der Waals surface area contributed by atoms with Crippen molar-refractivity contribution in [2.45, 2.75) is 44.1 Å². The predicted molar refractivity (Wildman–Crippen MR) is 96.7 cm³/mol. The SMILES string of the molecule is CN(C)C(=O)Oc1ccc2c(c1)[C@H](N(C)C1COC(=O)C1)[C@@H](O)C(C)(C)O2. The highest BCUT2D eigenvalue weighted by Gasteiger charge is 2.47. The van der Waals surface area contributed by atoms with Gasteiger partial charge in [-0.05, 0) is 39.1 Å². The molecule has 8 nitrogen and oxygen atoms in total. The monoisotopic (exact) mass is 378 g/mol. The summed E-state index contributed by atoms with van der Waals surface area (Å²) in [6.07, 6.45) is -1.08. The molecule has 1 aromatic rings. The Labute approximate surface area is 158 Å². The van der Waals surface area contributed by atoms with Gasteiger partial charge in [0.05, 0.1) is 18.5 Å². The molecule has 3 rings (SSSR count). The fourth-order valence-corrected chi connectivity index (χ4v) is 3.43. The van der Waals surface area contributed by atoms with Gasteiger partial charge >= 0.3 is 12.1 Å². The molecule has 1 amide bonds. The summed E-state index contributed by atoms with van der Waals surface area (Å²) in [5, 5.41) is 11.0. The zero-order valence-corrected chi connectivity index (χ0v) is 16.3. The molecule has 0 aliphatic carbocycles. The number of esters is 1. The quantitative estimate of drug-likeness (QED) is 0.799. The number of carbonyl (C=O) groups excluding carboxylic acids is 2. The standard InChI is InChI=1S/C19H26N2O6/c1-19(2)17(23)16(21(5)11-8-15(22)25-10-11)13-9-12(6-7-14(13)27-19)26-18(24)20(3)4/h6-7,9,11,16-17,23H,8,10H2,1-5H3/t11?,16-,17+/m0/s1. The van der Waals surface area contributed by atoms with Crippen LogP contribution in [0, 0.1) is 0 Å². The highest BCUT2D eigenvalue weighted by atomic mass is 16.6. The van der Waals surface area contributed by atoms with Crippen molar-refractivity contribution in [2.24, 2.45) is 0 Å². The number of carbonyl (C=O) groups is 2. The lowest BCUT2D eigenvalue weighted by atomic mass is 9.85. The summed E-state index contributed by atoms with van der Waals surface area (Å²) in [6.45, 7) is 3.92. The van der Waals surface area contributed by atoms with Crippen LogP contribution in [0.3, 0.4) is 0 Å². The maximum absolute atomic E-state index is 11.9. The van der Waals surface area contributed by atoms with E-state index in [2.05, 4.69) is 0 Å². The summed E-state index contributed by atoms with van der Waals surface area (Å²) in [7, 11) is 5.05. The molecule has 27 heavy (non-hydrogen) atoms. The first-order valence-electron chi connectivity index (χ1n) is 8.88. The minimum atomic E-state index is -0.856. The first-order chi connectivity index (χ1) is 12.6. The number of aliphatic hydroxyl groups is 1. The average Bonchev–Trinajstić information content (AvgIpc) is 3.02. The van der Waals surface area contributed by atoms with Gasteiger partial charge in [0, 0.05) is 19.7 Å². The van der Waals surface area contributed by atoms with E-state index in [1.54, 1.807) is 32.3 Å². The molecular formula is C19H26N2O6. The second-order valence-corrected chi connectivity index (χ2v) is 7.76. The zero-order chi connectivity index (χ0) is 19.9. The summed E-state index contributed by atoms with van der Waals surface area (Å²) in [4.78, 5) is 26.7. The smallest absolute Gasteiger partial charge is 0.414 e. The Morgan fingerprint density at radius 2 is 2.00 bits per heavy atom. The molecule has 2 heterocycles. The van der Waals surface area contributed by atoms with Crippen molar-refractivity contribution in [3.05, 3.63) is 23.8 Å². The molecule has 1 fully saturated rings. The third-order valence-corrected chi connectivity index (χ3v) is 5.11. The lowest BCUT2D eigenvalue weighted by molar-refractivity contribution is -0.137. The van der Waals surface area contributed by atoms with Crippen molar-refractivity contribution in [1.82, 2.24) is 9.80 Å². The summed E-state index contributed by atoms with van der Waals surface area (Å²) in [5.41, 5.74) is -0.121. The number of cyclic esters (lactones) is 1. The number of ether oxygens (including phenoxy) is 3. The van der Waals surface area contributed by atoms with Crippen molar-refractivity contribution >= 4 is 12.1 Å². The van der Waals surface area contributed by atoms with Gasteiger partial charge < -0.3 is 24.2 Å². The third-order valence-electron chi connectivity index (χ3n) is 5.11. The van der Waals surface area contributed by atoms with E-state index in [0.717, 1.165) is 0 Å². The van der Waals surface area contributed by atoms with E-state index in [1.165, 1.54) is 4.90 Å². The Bertz CT molecular complexity index is 748. The second-order valence-electron chi connectivity index (χ2n) is 7.76. The van der Waals surface area contributed by atoms with Crippen molar-refractivity contribution in [1.29, 1.82) is 0 Å². The van der Waals surface area contributed by atoms with Gasteiger partial charge in [0.25, 0.3) is 0 Å². The number of aliphatic hydroxyl groups excluding tert-OH is 1. The minimum Gasteiger partial charge on any atom is -0.485 e. The molecule has 1 saturated heterocycles. The lowest BCUT2D eigenvalue weighted by Gasteiger charge is -2.46. The molecular weight excluding hydrogens is 352 g/mol. The van der Waals surface area contributed by atoms with Crippen LogP contribution in [0.1, 0.15) is 31.9 Å². The van der Waals surface area contributed by atoms with Crippen molar-refractivity contribution in [3.8, 4) is 11.5 Å². The van der Waals surface area contributed by atoms with Crippen LogP contribution in [0.2, 0.25) is 0 Å². The van der Waals surface area contributed by atoms with Crippen LogP contribution in [0.4, 0.5) is 4.79 Å². The van der Waals surface area contributed by atoms with E-state index in [1.807, 2.05) is 25.8 Å². The normalized spacial score (nSPS) is 26.2. The number of rotatable bonds is 3. The topological polar surface area (TPSA) is 88.5 Å². The van der Waals surface area contributed by atoms with E-state index in [4.69, 9.17) is 14.2 Å². The van der Waals surface area contributed by atoms with E-state index < -0.39 is 23.8 Å². The molecule has 1 aromatic carbocycles. The van der Waals surface area contributed by atoms with Gasteiger partial charge in [0.2, 0.25) is 0 Å². The largest absolute Gasteiger partial charge is 0.485 e. The highest BCUT2D eigenvalue weighted by molar-refractivity contribution is 5.72. The fourth-order valence-electron chi connectivity index (χ4n) is 3.43. The number of fused-ring (bicyclic) bond motifs is 1. The molecule has 0 aromatic heterocycles. The molecule has 2 aliphatic heterocycles. The molecule has 0 radical (unpaired) electrons. The van der Waals surface area contributed by atoms with Gasteiger partial charge in [0.1, 0.15) is 29.8 Å². The molecule has 1 N–H and O–H groups in total. The van der Waals surface area contributed by atoms with Crippen molar-refractivity contribution in [2.75, 3.05) is 27.7 Å². The van der Waals surface area contributed by atoms with E-state index in [-0.39, 0.29) is 25.0 Å². The molecule has 8 heteroatoms. The van der Waals surface area contributed by atoms with Gasteiger partial charge in [-0.3, -0.25) is 9.69 Å². The number of benzene rings is 1. The average molecular weight is 378 g/mol. The minimum absolute atomic E-state index is 0.146. The van der Waals surface area contributed by atoms with Crippen molar-refractivity contribution in [3.63, 3.8) is 0 Å². The van der Waals surface area contributed by atoms with Crippen molar-refractivity contribution < 1.29 is 28.9 Å². The molecule has 148 valence electrons. The number of nitrogens with zero attached hydrogens (tertiary/aromatic N) is 2. The Kier molecular flexibility index (Phi) is 5.05. The number of hydrogen-bond donors (Lipinski definition) is 1. The Morgan fingerprint density at radius 3 is 2.59 bits per heavy atom. The first-order valence-corrected chi connectivity index (χ1v) is 8.88. The maximum Gasteiger partial charge on any atom is 0.414 e. The van der Waals surface area contributed by atoms with E-state index in [9.17, 15) is 14.7 Å². The predicted octanol–water partition coefficient (Wildman–Crippen LogP) is 1.57. The van der Waals surface area contributed by atoms with Gasteiger partial charge in [-0.25, -0.2) is 4.79 Å². The van der Waals surface area contributed by atoms with Crippen LogP contribution in [0.5, 0.6) is 11.5 Å². The molecule has 1 unspecified atom stereocenters. The third kappa shape index (κ3) is 3.72. The maximum atomic E-state index is 11.9. The molecule has 2 aliphatic rings. The van der Waals surface area contributed by atoms with E-state index in [0.29, 0.717) is 17.1 Å². The van der Waals surface area contributed by atoms with Crippen LogP contribution < -0.4 is 9.47 Å². The summed E-state index contributed by atoms with van der Waals surface area (Å²) in [5.74, 6) is 0.721. The van der Waals surface area contributed by atoms with Crippen LogP contribution in [0.25, 0.3) is 0 Å². The summed E-state index contributed by atoms with van der Waals surface area (Å²) >= 11 is 0.